The third-order valence-corrected chi connectivity index (χ3v) is 2.29. The molecular weight excluding hydrogens is 194 g/mol. The van der Waals surface area contributed by atoms with Crippen LogP contribution in [0.4, 0.5) is 8.78 Å². The van der Waals surface area contributed by atoms with E-state index in [-0.39, 0.29) is 5.56 Å². The molecule has 0 saturated heterocycles. The first kappa shape index (κ1) is 10.2. The molecule has 0 atom stereocenters. The maximum atomic E-state index is 13.1. The lowest BCUT2D eigenvalue weighted by atomic mass is 10.0. The van der Waals surface area contributed by atoms with Crippen LogP contribution in [-0.4, -0.2) is 0 Å². The third kappa shape index (κ3) is 1.89. The van der Waals surface area contributed by atoms with E-state index in [1.807, 2.05) is 0 Å². The highest BCUT2D eigenvalue weighted by Gasteiger charge is 2.29. The van der Waals surface area contributed by atoms with Crippen LogP contribution in [0.15, 0.2) is 30.9 Å². The number of rotatable bonds is 2. The Morgan fingerprint density at radius 2 is 2.08 bits per heavy atom. The zero-order valence-corrected chi connectivity index (χ0v) is 7.91. The second-order valence-corrected chi connectivity index (χ2v) is 3.15. The van der Waals surface area contributed by atoms with Crippen LogP contribution in [0.1, 0.15) is 11.1 Å². The summed E-state index contributed by atoms with van der Waals surface area (Å²) in [6.45, 7) is 4.65. The summed E-state index contributed by atoms with van der Waals surface area (Å²) < 4.78 is 26.3. The van der Waals surface area contributed by atoms with Gasteiger partial charge in [0.2, 0.25) is 0 Å². The Kier molecular flexibility index (Phi) is 2.71. The van der Waals surface area contributed by atoms with Crippen LogP contribution in [-0.2, 0) is 5.92 Å². The van der Waals surface area contributed by atoms with Crippen molar-refractivity contribution in [2.45, 2.75) is 12.8 Å². The highest BCUT2D eigenvalue weighted by atomic mass is 35.5. The summed E-state index contributed by atoms with van der Waals surface area (Å²) in [5.41, 5.74) is 0.309. The molecule has 0 aliphatic carbocycles. The maximum absolute atomic E-state index is 13.1. The second kappa shape index (κ2) is 3.46. The molecule has 0 aliphatic rings. The van der Waals surface area contributed by atoms with Crippen molar-refractivity contribution in [3.63, 3.8) is 0 Å². The van der Waals surface area contributed by atoms with Crippen molar-refractivity contribution in [2.75, 3.05) is 0 Å². The van der Waals surface area contributed by atoms with E-state index >= 15 is 0 Å². The molecule has 0 unspecified atom stereocenters. The van der Waals surface area contributed by atoms with Crippen molar-refractivity contribution in [2.24, 2.45) is 0 Å². The average Bonchev–Trinajstić information content (AvgIpc) is 2.09. The minimum atomic E-state index is -3.00. The van der Waals surface area contributed by atoms with Gasteiger partial charge < -0.3 is 0 Å². The van der Waals surface area contributed by atoms with Crippen LogP contribution in [0, 0.1) is 6.92 Å². The van der Waals surface area contributed by atoms with Crippen molar-refractivity contribution < 1.29 is 8.78 Å². The predicted molar refractivity (Wildman–Crippen MR) is 50.3 cm³/mol. The molecule has 13 heavy (non-hydrogen) atoms. The monoisotopic (exact) mass is 202 g/mol. The minimum absolute atomic E-state index is 0.0880. The molecule has 1 aromatic carbocycles. The van der Waals surface area contributed by atoms with Gasteiger partial charge in [0.25, 0.3) is 5.92 Å². The Hall–Kier alpha value is -0.890. The van der Waals surface area contributed by atoms with Gasteiger partial charge in [-0.15, -0.1) is 0 Å². The van der Waals surface area contributed by atoms with Gasteiger partial charge in [-0.25, -0.2) is 0 Å². The first-order valence-electron chi connectivity index (χ1n) is 3.76. The molecule has 0 fully saturated rings. The zero-order valence-electron chi connectivity index (χ0n) is 7.15. The molecule has 1 rings (SSSR count). The van der Waals surface area contributed by atoms with Crippen molar-refractivity contribution in [3.8, 4) is 0 Å². The molecule has 0 spiro atoms. The van der Waals surface area contributed by atoms with Gasteiger partial charge in [0, 0.05) is 10.6 Å². The van der Waals surface area contributed by atoms with E-state index in [1.165, 1.54) is 12.1 Å². The molecule has 0 aliphatic heterocycles. The molecule has 3 heteroatoms. The molecule has 0 aromatic heterocycles. The van der Waals surface area contributed by atoms with Crippen LogP contribution in [0.2, 0.25) is 5.02 Å². The van der Waals surface area contributed by atoms with E-state index in [1.54, 1.807) is 13.0 Å². The fourth-order valence-corrected chi connectivity index (χ4v) is 1.25. The summed E-state index contributed by atoms with van der Waals surface area (Å²) >= 11 is 5.71. The summed E-state index contributed by atoms with van der Waals surface area (Å²) in [7, 11) is 0. The minimum Gasteiger partial charge on any atom is -0.197 e. The molecule has 0 radical (unpaired) electrons. The van der Waals surface area contributed by atoms with Gasteiger partial charge >= 0.3 is 0 Å². The Balaban J connectivity index is 3.30. The molecule has 1 aromatic rings. The second-order valence-electron chi connectivity index (χ2n) is 2.74. The Labute approximate surface area is 80.8 Å². The molecule has 0 saturated carbocycles. The fourth-order valence-electron chi connectivity index (χ4n) is 1.08. The standard InChI is InChI=1S/C10H9ClF2/c1-3-10(12,13)8-5-4-6-9(11)7(8)2/h3-6H,1H2,2H3. The lowest BCUT2D eigenvalue weighted by molar-refractivity contribution is 0.0519. The summed E-state index contributed by atoms with van der Waals surface area (Å²) in [6.07, 6.45) is 0.617. The molecule has 0 heterocycles. The Morgan fingerprint density at radius 1 is 1.46 bits per heavy atom. The summed E-state index contributed by atoms with van der Waals surface area (Å²) in [5, 5.41) is 0.346. The molecule has 0 N–H and O–H groups in total. The van der Waals surface area contributed by atoms with E-state index in [2.05, 4.69) is 6.58 Å². The number of allylic oxidation sites excluding steroid dienone is 1. The van der Waals surface area contributed by atoms with E-state index in [0.29, 0.717) is 16.7 Å². The lowest BCUT2D eigenvalue weighted by Gasteiger charge is -2.14. The SMILES string of the molecule is C=CC(F)(F)c1cccc(Cl)c1C. The Bertz CT molecular complexity index is 332. The summed E-state index contributed by atoms with van der Waals surface area (Å²) in [6, 6.07) is 4.44. The lowest BCUT2D eigenvalue weighted by Crippen LogP contribution is -2.10. The van der Waals surface area contributed by atoms with Crippen LogP contribution in [0.25, 0.3) is 0 Å². The van der Waals surface area contributed by atoms with Crippen molar-refractivity contribution in [3.05, 3.63) is 47.0 Å². The van der Waals surface area contributed by atoms with E-state index < -0.39 is 5.92 Å². The smallest absolute Gasteiger partial charge is 0.197 e. The largest absolute Gasteiger partial charge is 0.291 e. The molecule has 70 valence electrons. The Morgan fingerprint density at radius 3 is 2.62 bits per heavy atom. The van der Waals surface area contributed by atoms with Crippen LogP contribution >= 0.6 is 11.6 Å². The molecule has 0 nitrogen and oxygen atoms in total. The van der Waals surface area contributed by atoms with Crippen molar-refractivity contribution >= 4 is 11.6 Å². The topological polar surface area (TPSA) is 0 Å². The van der Waals surface area contributed by atoms with Crippen LogP contribution in [0.5, 0.6) is 0 Å². The fraction of sp³-hybridized carbons (Fsp3) is 0.200. The molecule has 0 bridgehead atoms. The highest BCUT2D eigenvalue weighted by molar-refractivity contribution is 6.31. The van der Waals surface area contributed by atoms with Crippen LogP contribution < -0.4 is 0 Å². The predicted octanol–water partition coefficient (Wildman–Crippen LogP) is 3.93. The number of halogens is 3. The quantitative estimate of drug-likeness (QED) is 0.638. The van der Waals surface area contributed by atoms with E-state index in [0.717, 1.165) is 0 Å². The zero-order chi connectivity index (χ0) is 10.1. The van der Waals surface area contributed by atoms with Crippen molar-refractivity contribution in [1.82, 2.24) is 0 Å². The van der Waals surface area contributed by atoms with Gasteiger partial charge in [-0.2, -0.15) is 8.78 Å². The van der Waals surface area contributed by atoms with Gasteiger partial charge in [0.05, 0.1) is 0 Å². The van der Waals surface area contributed by atoms with Gasteiger partial charge in [-0.3, -0.25) is 0 Å². The number of benzene rings is 1. The van der Waals surface area contributed by atoms with Gasteiger partial charge in [0.15, 0.2) is 0 Å². The third-order valence-electron chi connectivity index (χ3n) is 1.88. The normalized spacial score (nSPS) is 11.4. The summed E-state index contributed by atoms with van der Waals surface area (Å²) in [4.78, 5) is 0. The first-order chi connectivity index (χ1) is 5.99. The van der Waals surface area contributed by atoms with E-state index in [4.69, 9.17) is 11.6 Å². The number of hydrogen-bond donors (Lipinski definition) is 0. The number of alkyl halides is 2. The first-order valence-corrected chi connectivity index (χ1v) is 4.14. The van der Waals surface area contributed by atoms with Gasteiger partial charge in [-0.05, 0) is 24.6 Å². The van der Waals surface area contributed by atoms with Crippen molar-refractivity contribution in [1.29, 1.82) is 0 Å². The van der Waals surface area contributed by atoms with Gasteiger partial charge in [-0.1, -0.05) is 30.3 Å². The summed E-state index contributed by atoms with van der Waals surface area (Å²) in [5.74, 6) is -3.00. The number of hydrogen-bond acceptors (Lipinski definition) is 0. The highest BCUT2D eigenvalue weighted by Crippen LogP contribution is 2.33. The maximum Gasteiger partial charge on any atom is 0.291 e. The van der Waals surface area contributed by atoms with Crippen LogP contribution in [0.3, 0.4) is 0 Å². The average molecular weight is 203 g/mol. The van der Waals surface area contributed by atoms with Gasteiger partial charge in [0.1, 0.15) is 0 Å². The van der Waals surface area contributed by atoms with E-state index in [9.17, 15) is 8.78 Å². The molecule has 0 amide bonds. The molecular formula is C10H9ClF2.